The van der Waals surface area contributed by atoms with Crippen molar-refractivity contribution in [2.75, 3.05) is 0 Å². The van der Waals surface area contributed by atoms with Crippen LogP contribution in [0.2, 0.25) is 0 Å². The van der Waals surface area contributed by atoms with Gasteiger partial charge in [-0.15, -0.1) is 0 Å². The molecule has 0 bridgehead atoms. The summed E-state index contributed by atoms with van der Waals surface area (Å²) in [5.74, 6) is 0.384. The Morgan fingerprint density at radius 1 is 0.938 bits per heavy atom. The number of aromatic hydroxyl groups is 1. The van der Waals surface area contributed by atoms with Crippen molar-refractivity contribution in [1.29, 1.82) is 0 Å². The van der Waals surface area contributed by atoms with Gasteiger partial charge in [0.15, 0.2) is 0 Å². The summed E-state index contributed by atoms with van der Waals surface area (Å²) >= 11 is 0. The van der Waals surface area contributed by atoms with Crippen molar-refractivity contribution < 1.29 is 5.11 Å². The van der Waals surface area contributed by atoms with Gasteiger partial charge in [-0.2, -0.15) is 0 Å². The molecule has 0 unspecified atom stereocenters. The van der Waals surface area contributed by atoms with Gasteiger partial charge in [0.1, 0.15) is 5.75 Å². The number of aryl methyl sites for hydroxylation is 1. The van der Waals surface area contributed by atoms with E-state index in [1.165, 1.54) is 30.2 Å². The van der Waals surface area contributed by atoms with Crippen LogP contribution < -0.4 is 0 Å². The van der Waals surface area contributed by atoms with Gasteiger partial charge in [-0.1, -0.05) is 50.1 Å². The van der Waals surface area contributed by atoms with Crippen LogP contribution in [0.25, 0.3) is 10.8 Å². The molecule has 1 nitrogen and oxygen atoms in total. The zero-order chi connectivity index (χ0) is 11.4. The lowest BCUT2D eigenvalue weighted by Gasteiger charge is -2.07. The maximum atomic E-state index is 9.77. The number of unbranched alkanes of at least 4 members (excludes halogenated alkanes) is 2. The van der Waals surface area contributed by atoms with E-state index in [2.05, 4.69) is 19.1 Å². The van der Waals surface area contributed by atoms with Gasteiger partial charge in [0, 0.05) is 5.39 Å². The lowest BCUT2D eigenvalue weighted by atomic mass is 9.99. The average molecular weight is 214 g/mol. The predicted octanol–water partition coefficient (Wildman–Crippen LogP) is 4.28. The first-order chi connectivity index (χ1) is 7.83. The molecule has 2 aromatic carbocycles. The highest BCUT2D eigenvalue weighted by molar-refractivity contribution is 5.90. The zero-order valence-electron chi connectivity index (χ0n) is 9.74. The molecule has 0 aromatic heterocycles. The van der Waals surface area contributed by atoms with Gasteiger partial charge in [-0.05, 0) is 29.9 Å². The van der Waals surface area contributed by atoms with Crippen molar-refractivity contribution in [3.05, 3.63) is 42.0 Å². The molecular formula is C15H18O. The first-order valence-corrected chi connectivity index (χ1v) is 6.02. The van der Waals surface area contributed by atoms with E-state index in [0.717, 1.165) is 11.8 Å². The molecule has 0 fully saturated rings. The van der Waals surface area contributed by atoms with Crippen molar-refractivity contribution in [2.24, 2.45) is 0 Å². The highest BCUT2D eigenvalue weighted by Gasteiger charge is 2.03. The smallest absolute Gasteiger partial charge is 0.123 e. The van der Waals surface area contributed by atoms with Gasteiger partial charge < -0.3 is 5.11 Å². The summed E-state index contributed by atoms with van der Waals surface area (Å²) in [4.78, 5) is 0. The molecule has 0 radical (unpaired) electrons. The molecule has 16 heavy (non-hydrogen) atoms. The van der Waals surface area contributed by atoms with Crippen molar-refractivity contribution in [3.63, 3.8) is 0 Å². The predicted molar refractivity (Wildman–Crippen MR) is 68.8 cm³/mol. The summed E-state index contributed by atoms with van der Waals surface area (Å²) in [6.45, 7) is 2.22. The second-order valence-electron chi connectivity index (χ2n) is 4.25. The van der Waals surface area contributed by atoms with Crippen LogP contribution in [0.15, 0.2) is 36.4 Å². The second kappa shape index (κ2) is 5.02. The highest BCUT2D eigenvalue weighted by Crippen LogP contribution is 2.27. The summed E-state index contributed by atoms with van der Waals surface area (Å²) < 4.78 is 0. The zero-order valence-corrected chi connectivity index (χ0v) is 9.74. The molecule has 84 valence electrons. The molecule has 0 saturated heterocycles. The van der Waals surface area contributed by atoms with E-state index in [4.69, 9.17) is 0 Å². The van der Waals surface area contributed by atoms with E-state index in [9.17, 15) is 5.11 Å². The van der Waals surface area contributed by atoms with E-state index in [0.29, 0.717) is 5.75 Å². The topological polar surface area (TPSA) is 20.2 Å². The number of hydrogen-bond acceptors (Lipinski definition) is 1. The fraction of sp³-hybridized carbons (Fsp3) is 0.333. The quantitative estimate of drug-likeness (QED) is 0.753. The van der Waals surface area contributed by atoms with Crippen LogP contribution in [0, 0.1) is 0 Å². The van der Waals surface area contributed by atoms with Crippen molar-refractivity contribution in [1.82, 2.24) is 0 Å². The molecule has 0 aliphatic heterocycles. The molecule has 0 saturated carbocycles. The fourth-order valence-electron chi connectivity index (χ4n) is 2.14. The first kappa shape index (κ1) is 11.0. The maximum Gasteiger partial charge on any atom is 0.123 e. The van der Waals surface area contributed by atoms with Crippen molar-refractivity contribution >= 4 is 10.8 Å². The first-order valence-electron chi connectivity index (χ1n) is 6.02. The number of hydrogen-bond donors (Lipinski definition) is 1. The molecule has 0 aliphatic carbocycles. The van der Waals surface area contributed by atoms with Gasteiger partial charge >= 0.3 is 0 Å². The summed E-state index contributed by atoms with van der Waals surface area (Å²) in [7, 11) is 0. The van der Waals surface area contributed by atoms with E-state index in [1.54, 1.807) is 6.07 Å². The Bertz CT molecular complexity index is 474. The Labute approximate surface area is 96.7 Å². The third-order valence-electron chi connectivity index (χ3n) is 3.04. The number of rotatable bonds is 4. The minimum atomic E-state index is 0.384. The molecule has 0 atom stereocenters. The second-order valence-corrected chi connectivity index (χ2v) is 4.25. The summed E-state index contributed by atoms with van der Waals surface area (Å²) in [6, 6.07) is 11.9. The normalized spacial score (nSPS) is 10.8. The number of fused-ring (bicyclic) bond motifs is 1. The van der Waals surface area contributed by atoms with E-state index in [1.807, 2.05) is 18.2 Å². The molecule has 2 rings (SSSR count). The Kier molecular flexibility index (Phi) is 3.45. The molecule has 1 heteroatoms. The highest BCUT2D eigenvalue weighted by atomic mass is 16.3. The lowest BCUT2D eigenvalue weighted by Crippen LogP contribution is -1.87. The van der Waals surface area contributed by atoms with Gasteiger partial charge in [0.05, 0.1) is 0 Å². The van der Waals surface area contributed by atoms with Crippen LogP contribution in [-0.2, 0) is 6.42 Å². The average Bonchev–Trinajstić information content (AvgIpc) is 2.31. The van der Waals surface area contributed by atoms with Crippen LogP contribution in [0.1, 0.15) is 31.7 Å². The summed E-state index contributed by atoms with van der Waals surface area (Å²) in [6.07, 6.45) is 4.85. The molecule has 1 N–H and O–H groups in total. The minimum Gasteiger partial charge on any atom is -0.507 e. The van der Waals surface area contributed by atoms with Crippen LogP contribution >= 0.6 is 0 Å². The molecule has 2 aromatic rings. The van der Waals surface area contributed by atoms with Gasteiger partial charge in [0.2, 0.25) is 0 Å². The Morgan fingerprint density at radius 2 is 1.69 bits per heavy atom. The fourth-order valence-corrected chi connectivity index (χ4v) is 2.14. The number of phenols is 1. The molecular weight excluding hydrogens is 196 g/mol. The van der Waals surface area contributed by atoms with Crippen molar-refractivity contribution in [3.8, 4) is 5.75 Å². The Morgan fingerprint density at radius 3 is 2.50 bits per heavy atom. The van der Waals surface area contributed by atoms with Crippen molar-refractivity contribution in [2.45, 2.75) is 32.6 Å². The lowest BCUT2D eigenvalue weighted by molar-refractivity contribution is 0.481. The summed E-state index contributed by atoms with van der Waals surface area (Å²) in [5.41, 5.74) is 1.35. The van der Waals surface area contributed by atoms with E-state index >= 15 is 0 Å². The molecule has 0 heterocycles. The van der Waals surface area contributed by atoms with Crippen LogP contribution in [0.4, 0.5) is 0 Å². The third-order valence-corrected chi connectivity index (χ3v) is 3.04. The maximum absolute atomic E-state index is 9.77. The number of benzene rings is 2. The molecule has 0 aliphatic rings. The SMILES string of the molecule is CCCCCc1cccc2c(O)cccc12. The van der Waals surface area contributed by atoms with E-state index < -0.39 is 0 Å². The van der Waals surface area contributed by atoms with E-state index in [-0.39, 0.29) is 0 Å². The van der Waals surface area contributed by atoms with Crippen LogP contribution in [-0.4, -0.2) is 5.11 Å². The standard InChI is InChI=1S/C15H18O/c1-2-3-4-7-12-8-5-10-14-13(12)9-6-11-15(14)16/h5-6,8-11,16H,2-4,7H2,1H3. The van der Waals surface area contributed by atoms with Crippen LogP contribution in [0.5, 0.6) is 5.75 Å². The Balaban J connectivity index is 2.34. The largest absolute Gasteiger partial charge is 0.507 e. The third kappa shape index (κ3) is 2.19. The molecule has 0 amide bonds. The Hall–Kier alpha value is -1.50. The minimum absolute atomic E-state index is 0.384. The summed E-state index contributed by atoms with van der Waals surface area (Å²) in [5, 5.41) is 11.9. The van der Waals surface area contributed by atoms with Gasteiger partial charge in [-0.3, -0.25) is 0 Å². The monoisotopic (exact) mass is 214 g/mol. The molecule has 0 spiro atoms. The van der Waals surface area contributed by atoms with Crippen LogP contribution in [0.3, 0.4) is 0 Å². The number of phenolic OH excluding ortho intramolecular Hbond substituents is 1. The van der Waals surface area contributed by atoms with Gasteiger partial charge in [-0.25, -0.2) is 0 Å². The van der Waals surface area contributed by atoms with Gasteiger partial charge in [0.25, 0.3) is 0 Å².